The summed E-state index contributed by atoms with van der Waals surface area (Å²) in [5, 5.41) is 0. The summed E-state index contributed by atoms with van der Waals surface area (Å²) in [5.74, 6) is 0.690. The Kier molecular flexibility index (Phi) is 4.69. The molecular weight excluding hydrogens is 280 g/mol. The van der Waals surface area contributed by atoms with Gasteiger partial charge in [-0.15, -0.1) is 0 Å². The maximum absolute atomic E-state index is 6.43. The quantitative estimate of drug-likeness (QED) is 0.606. The third-order valence-electron chi connectivity index (χ3n) is 6.60. The van der Waals surface area contributed by atoms with Crippen molar-refractivity contribution >= 4 is 0 Å². The molecule has 2 aliphatic carbocycles. The van der Waals surface area contributed by atoms with E-state index in [1.807, 2.05) is 0 Å². The summed E-state index contributed by atoms with van der Waals surface area (Å²) < 4.78 is 6.43. The zero-order valence-electron chi connectivity index (χ0n) is 15.3. The Balaban J connectivity index is 1.80. The maximum atomic E-state index is 6.43. The van der Waals surface area contributed by atoms with Gasteiger partial charge in [0, 0.05) is 0 Å². The standard InChI is InChI=1S/C22H32O/c1-17-11-12-20(23-16-18-9-6-5-7-10-18)19(15-17)22(4)14-8-13-21(22,2)3/h5-7,9-10,15,17,20H,8,11-14,16H2,1-4H3/t17?,20?,22-/m1/s1. The van der Waals surface area contributed by atoms with Crippen LogP contribution in [0, 0.1) is 16.7 Å². The fourth-order valence-electron chi connectivity index (χ4n) is 4.58. The van der Waals surface area contributed by atoms with Crippen molar-refractivity contribution in [1.29, 1.82) is 0 Å². The second-order valence-corrected chi connectivity index (χ2v) is 8.53. The number of ether oxygens (including phenoxy) is 1. The van der Waals surface area contributed by atoms with Crippen LogP contribution in [0.3, 0.4) is 0 Å². The highest BCUT2D eigenvalue weighted by atomic mass is 16.5. The Morgan fingerprint density at radius 3 is 2.43 bits per heavy atom. The first-order valence-electron chi connectivity index (χ1n) is 9.30. The van der Waals surface area contributed by atoms with E-state index < -0.39 is 0 Å². The van der Waals surface area contributed by atoms with Crippen LogP contribution in [-0.2, 0) is 11.3 Å². The largest absolute Gasteiger partial charge is 0.369 e. The fraction of sp³-hybridized carbons (Fsp3) is 0.636. The van der Waals surface area contributed by atoms with Crippen LogP contribution in [0.1, 0.15) is 65.4 Å². The minimum Gasteiger partial charge on any atom is -0.369 e. The van der Waals surface area contributed by atoms with Crippen LogP contribution in [0.4, 0.5) is 0 Å². The first kappa shape index (κ1) is 16.8. The Morgan fingerprint density at radius 1 is 1.04 bits per heavy atom. The number of benzene rings is 1. The molecule has 0 saturated heterocycles. The van der Waals surface area contributed by atoms with Crippen molar-refractivity contribution < 1.29 is 4.74 Å². The minimum atomic E-state index is 0.295. The van der Waals surface area contributed by atoms with Gasteiger partial charge in [0.1, 0.15) is 0 Å². The summed E-state index contributed by atoms with van der Waals surface area (Å²) >= 11 is 0. The van der Waals surface area contributed by atoms with Crippen molar-refractivity contribution in [2.24, 2.45) is 16.7 Å². The van der Waals surface area contributed by atoms with E-state index in [9.17, 15) is 0 Å². The summed E-state index contributed by atoms with van der Waals surface area (Å²) in [6.07, 6.45) is 9.26. The van der Waals surface area contributed by atoms with Crippen LogP contribution in [0.25, 0.3) is 0 Å². The molecule has 1 aromatic carbocycles. The summed E-state index contributed by atoms with van der Waals surface area (Å²) in [6, 6.07) is 10.6. The Hall–Kier alpha value is -1.08. The molecule has 0 bridgehead atoms. The third-order valence-corrected chi connectivity index (χ3v) is 6.60. The molecule has 3 rings (SSSR count). The number of hydrogen-bond donors (Lipinski definition) is 0. The second-order valence-electron chi connectivity index (χ2n) is 8.53. The highest BCUT2D eigenvalue weighted by molar-refractivity contribution is 5.27. The molecule has 0 spiro atoms. The van der Waals surface area contributed by atoms with Gasteiger partial charge < -0.3 is 4.74 Å². The van der Waals surface area contributed by atoms with Gasteiger partial charge in [0.25, 0.3) is 0 Å². The molecule has 0 heterocycles. The highest BCUT2D eigenvalue weighted by Gasteiger charge is 2.49. The van der Waals surface area contributed by atoms with Gasteiger partial charge in [0.2, 0.25) is 0 Å². The topological polar surface area (TPSA) is 9.23 Å². The number of allylic oxidation sites excluding steroid dienone is 1. The van der Waals surface area contributed by atoms with E-state index in [-0.39, 0.29) is 0 Å². The third kappa shape index (κ3) is 3.26. The predicted molar refractivity (Wildman–Crippen MR) is 97.2 cm³/mol. The van der Waals surface area contributed by atoms with Crippen LogP contribution in [-0.4, -0.2) is 6.10 Å². The van der Waals surface area contributed by atoms with Crippen molar-refractivity contribution in [3.05, 3.63) is 47.5 Å². The normalized spacial score (nSPS) is 33.5. The molecule has 0 N–H and O–H groups in total. The molecule has 23 heavy (non-hydrogen) atoms. The van der Waals surface area contributed by atoms with Gasteiger partial charge in [-0.25, -0.2) is 0 Å². The van der Waals surface area contributed by atoms with E-state index in [0.29, 0.717) is 22.9 Å². The molecule has 1 nitrogen and oxygen atoms in total. The van der Waals surface area contributed by atoms with Crippen LogP contribution in [0.15, 0.2) is 42.0 Å². The van der Waals surface area contributed by atoms with Crippen LogP contribution >= 0.6 is 0 Å². The van der Waals surface area contributed by atoms with Crippen LogP contribution < -0.4 is 0 Å². The lowest BCUT2D eigenvalue weighted by atomic mass is 9.61. The summed E-state index contributed by atoms with van der Waals surface area (Å²) in [7, 11) is 0. The highest BCUT2D eigenvalue weighted by Crippen LogP contribution is 2.58. The molecule has 1 saturated carbocycles. The van der Waals surface area contributed by atoms with Crippen molar-refractivity contribution in [1.82, 2.24) is 0 Å². The van der Waals surface area contributed by atoms with Crippen LogP contribution in [0.2, 0.25) is 0 Å². The van der Waals surface area contributed by atoms with Crippen LogP contribution in [0.5, 0.6) is 0 Å². The molecule has 1 fully saturated rings. The molecule has 1 heteroatoms. The SMILES string of the molecule is CC1C=C([C@@]2(C)CCCC2(C)C)C(OCc2ccccc2)CC1. The maximum Gasteiger partial charge on any atom is 0.0795 e. The summed E-state index contributed by atoms with van der Waals surface area (Å²) in [4.78, 5) is 0. The van der Waals surface area contributed by atoms with E-state index in [1.165, 1.54) is 37.7 Å². The van der Waals surface area contributed by atoms with Crippen molar-refractivity contribution in [3.8, 4) is 0 Å². The average molecular weight is 312 g/mol. The first-order valence-corrected chi connectivity index (χ1v) is 9.30. The lowest BCUT2D eigenvalue weighted by molar-refractivity contribution is 0.0214. The Morgan fingerprint density at radius 2 is 1.78 bits per heavy atom. The molecule has 0 aromatic heterocycles. The Bertz CT molecular complexity index is 557. The molecule has 126 valence electrons. The lowest BCUT2D eigenvalue weighted by Gasteiger charge is -2.45. The molecule has 2 unspecified atom stereocenters. The molecule has 0 amide bonds. The van der Waals surface area contributed by atoms with Crippen molar-refractivity contribution in [2.45, 2.75) is 72.5 Å². The molecule has 2 aliphatic rings. The van der Waals surface area contributed by atoms with Gasteiger partial charge in [-0.3, -0.25) is 0 Å². The Labute approximate surface area is 142 Å². The van der Waals surface area contributed by atoms with Crippen molar-refractivity contribution in [2.75, 3.05) is 0 Å². The van der Waals surface area contributed by atoms with E-state index in [0.717, 1.165) is 6.61 Å². The monoisotopic (exact) mass is 312 g/mol. The van der Waals surface area contributed by atoms with Gasteiger partial charge >= 0.3 is 0 Å². The molecule has 1 aromatic rings. The summed E-state index contributed by atoms with van der Waals surface area (Å²) in [6.45, 7) is 10.5. The first-order chi connectivity index (χ1) is 10.9. The zero-order chi connectivity index (χ0) is 16.5. The van der Waals surface area contributed by atoms with E-state index >= 15 is 0 Å². The van der Waals surface area contributed by atoms with E-state index in [2.05, 4.69) is 64.1 Å². The van der Waals surface area contributed by atoms with Gasteiger partial charge in [-0.05, 0) is 53.6 Å². The minimum absolute atomic E-state index is 0.295. The smallest absolute Gasteiger partial charge is 0.0795 e. The van der Waals surface area contributed by atoms with Gasteiger partial charge in [-0.2, -0.15) is 0 Å². The molecule has 3 atom stereocenters. The summed E-state index contributed by atoms with van der Waals surface area (Å²) in [5.41, 5.74) is 3.55. The predicted octanol–water partition coefficient (Wildman–Crippen LogP) is 6.14. The molecule has 0 radical (unpaired) electrons. The molecule has 0 aliphatic heterocycles. The van der Waals surface area contributed by atoms with E-state index in [1.54, 1.807) is 5.57 Å². The van der Waals surface area contributed by atoms with Crippen molar-refractivity contribution in [3.63, 3.8) is 0 Å². The fourth-order valence-corrected chi connectivity index (χ4v) is 4.58. The lowest BCUT2D eigenvalue weighted by Crippen LogP contribution is -2.39. The average Bonchev–Trinajstić information content (AvgIpc) is 2.81. The van der Waals surface area contributed by atoms with Gasteiger partial charge in [0.15, 0.2) is 0 Å². The van der Waals surface area contributed by atoms with Gasteiger partial charge in [0.05, 0.1) is 12.7 Å². The van der Waals surface area contributed by atoms with Gasteiger partial charge in [-0.1, -0.05) is 70.5 Å². The molecular formula is C22H32O. The zero-order valence-corrected chi connectivity index (χ0v) is 15.3. The van der Waals surface area contributed by atoms with E-state index in [4.69, 9.17) is 4.74 Å². The number of hydrogen-bond acceptors (Lipinski definition) is 1. The number of rotatable bonds is 4. The second kappa shape index (κ2) is 6.43.